The molecule has 1 saturated heterocycles. The molecule has 0 radical (unpaired) electrons. The smallest absolute Gasteiger partial charge is 0.170 e. The Morgan fingerprint density at radius 3 is 2.77 bits per heavy atom. The van der Waals surface area contributed by atoms with Crippen LogP contribution in [0, 0.1) is 0 Å². The van der Waals surface area contributed by atoms with Crippen molar-refractivity contribution in [2.24, 2.45) is 0 Å². The van der Waals surface area contributed by atoms with Crippen LogP contribution >= 0.6 is 12.2 Å². The van der Waals surface area contributed by atoms with Crippen LogP contribution in [-0.2, 0) is 6.54 Å². The van der Waals surface area contributed by atoms with E-state index >= 15 is 0 Å². The van der Waals surface area contributed by atoms with Crippen LogP contribution in [0.1, 0.15) is 43.1 Å². The molecule has 26 heavy (non-hydrogen) atoms. The first-order valence-electron chi connectivity index (χ1n) is 8.82. The summed E-state index contributed by atoms with van der Waals surface area (Å²) < 4.78 is 7.77. The second-order valence-electron chi connectivity index (χ2n) is 6.77. The molecule has 2 atom stereocenters. The lowest BCUT2D eigenvalue weighted by molar-refractivity contribution is 0.258. The van der Waals surface area contributed by atoms with Crippen molar-refractivity contribution in [3.05, 3.63) is 78.3 Å². The van der Waals surface area contributed by atoms with Crippen molar-refractivity contribution in [2.45, 2.75) is 38.5 Å². The van der Waals surface area contributed by atoms with Gasteiger partial charge in [-0.05, 0) is 62.5 Å². The molecule has 0 aromatic carbocycles. The van der Waals surface area contributed by atoms with Crippen LogP contribution in [0.3, 0.4) is 0 Å². The number of nitrogens with zero attached hydrogens (tertiary/aromatic N) is 3. The van der Waals surface area contributed by atoms with Crippen molar-refractivity contribution >= 4 is 17.3 Å². The molecule has 4 rings (SSSR count). The van der Waals surface area contributed by atoms with Crippen molar-refractivity contribution in [3.8, 4) is 0 Å². The normalized spacial score (nSPS) is 20.0. The Morgan fingerprint density at radius 1 is 1.19 bits per heavy atom. The molecule has 6 heteroatoms. The van der Waals surface area contributed by atoms with Crippen LogP contribution < -0.4 is 5.32 Å². The quantitative estimate of drug-likeness (QED) is 0.694. The summed E-state index contributed by atoms with van der Waals surface area (Å²) in [5, 5.41) is 4.25. The highest BCUT2D eigenvalue weighted by molar-refractivity contribution is 7.80. The Kier molecular flexibility index (Phi) is 4.51. The highest BCUT2D eigenvalue weighted by Crippen LogP contribution is 2.40. The van der Waals surface area contributed by atoms with E-state index in [2.05, 4.69) is 58.0 Å². The maximum absolute atomic E-state index is 5.66. The van der Waals surface area contributed by atoms with Crippen molar-refractivity contribution in [2.75, 3.05) is 0 Å². The molecule has 0 amide bonds. The van der Waals surface area contributed by atoms with Gasteiger partial charge < -0.3 is 19.2 Å². The highest BCUT2D eigenvalue weighted by Gasteiger charge is 2.42. The zero-order valence-corrected chi connectivity index (χ0v) is 15.7. The lowest BCUT2D eigenvalue weighted by Gasteiger charge is -2.31. The topological polar surface area (TPSA) is 46.2 Å². The van der Waals surface area contributed by atoms with Gasteiger partial charge in [-0.25, -0.2) is 0 Å². The number of thiocarbonyl (C=S) groups is 1. The van der Waals surface area contributed by atoms with Crippen molar-refractivity contribution < 1.29 is 4.42 Å². The monoisotopic (exact) mass is 366 g/mol. The van der Waals surface area contributed by atoms with E-state index in [1.807, 2.05) is 30.5 Å². The third-order valence-electron chi connectivity index (χ3n) is 4.77. The molecule has 0 spiro atoms. The van der Waals surface area contributed by atoms with Gasteiger partial charge in [-0.1, -0.05) is 6.07 Å². The van der Waals surface area contributed by atoms with Crippen LogP contribution in [-0.4, -0.2) is 25.6 Å². The number of rotatable bonds is 5. The molecule has 1 fully saturated rings. The van der Waals surface area contributed by atoms with Gasteiger partial charge in [0.1, 0.15) is 5.76 Å². The maximum atomic E-state index is 5.66. The molecule has 5 nitrogen and oxygen atoms in total. The van der Waals surface area contributed by atoms with Gasteiger partial charge in [-0.15, -0.1) is 0 Å². The number of furan rings is 1. The van der Waals surface area contributed by atoms with Gasteiger partial charge in [0.05, 0.1) is 30.6 Å². The summed E-state index contributed by atoms with van der Waals surface area (Å²) in [7, 11) is 0. The summed E-state index contributed by atoms with van der Waals surface area (Å²) >= 11 is 5.66. The lowest BCUT2D eigenvalue weighted by Crippen LogP contribution is -2.36. The minimum Gasteiger partial charge on any atom is -0.467 e. The first kappa shape index (κ1) is 16.8. The molecule has 3 aromatic heterocycles. The molecule has 0 bridgehead atoms. The van der Waals surface area contributed by atoms with Crippen LogP contribution in [0.4, 0.5) is 0 Å². The van der Waals surface area contributed by atoms with E-state index in [1.165, 1.54) is 5.69 Å². The molecular formula is C20H22N4OS. The van der Waals surface area contributed by atoms with Gasteiger partial charge in [0.25, 0.3) is 0 Å². The number of hydrogen-bond acceptors (Lipinski definition) is 3. The SMILES string of the molecule is CC(C)N1C(=S)N[C@@H](c2ccccn2)[C@H]1c1cccn1Cc1ccco1. The molecule has 0 saturated carbocycles. The highest BCUT2D eigenvalue weighted by atomic mass is 32.1. The summed E-state index contributed by atoms with van der Waals surface area (Å²) in [6, 6.07) is 14.5. The Morgan fingerprint density at radius 2 is 2.08 bits per heavy atom. The van der Waals surface area contributed by atoms with E-state index in [4.69, 9.17) is 16.6 Å². The van der Waals surface area contributed by atoms with Crippen LogP contribution in [0.2, 0.25) is 0 Å². The molecular weight excluding hydrogens is 344 g/mol. The van der Waals surface area contributed by atoms with Crippen molar-refractivity contribution in [1.29, 1.82) is 0 Å². The summed E-state index contributed by atoms with van der Waals surface area (Å²) in [5.41, 5.74) is 2.19. The van der Waals surface area contributed by atoms with E-state index < -0.39 is 0 Å². The van der Waals surface area contributed by atoms with Gasteiger partial charge >= 0.3 is 0 Å². The fraction of sp³-hybridized carbons (Fsp3) is 0.300. The molecule has 3 aromatic rings. The molecule has 0 unspecified atom stereocenters. The number of pyridine rings is 1. The fourth-order valence-corrected chi connectivity index (χ4v) is 4.10. The van der Waals surface area contributed by atoms with E-state index in [0.29, 0.717) is 6.54 Å². The Hall–Kier alpha value is -2.60. The van der Waals surface area contributed by atoms with Crippen LogP contribution in [0.5, 0.6) is 0 Å². The molecule has 1 aliphatic rings. The van der Waals surface area contributed by atoms with E-state index in [9.17, 15) is 0 Å². The summed E-state index contributed by atoms with van der Waals surface area (Å²) in [6.45, 7) is 5.03. The lowest BCUT2D eigenvalue weighted by atomic mass is 10.0. The Balaban J connectivity index is 1.75. The van der Waals surface area contributed by atoms with Crippen LogP contribution in [0.15, 0.2) is 65.5 Å². The standard InChI is InChI=1S/C20H22N4OS/c1-14(2)24-19(18(22-20(24)26)16-8-3-4-10-21-16)17-9-5-11-23(17)13-15-7-6-12-25-15/h3-12,14,18-19H,13H2,1-2H3,(H,22,26)/t18-,19+/m0/s1. The maximum Gasteiger partial charge on any atom is 0.170 e. The summed E-state index contributed by atoms with van der Waals surface area (Å²) in [5.74, 6) is 0.932. The minimum absolute atomic E-state index is 0.0105. The first-order chi connectivity index (χ1) is 12.6. The molecule has 1 N–H and O–H groups in total. The second-order valence-corrected chi connectivity index (χ2v) is 7.15. The predicted octanol–water partition coefficient (Wildman–Crippen LogP) is 3.91. The largest absolute Gasteiger partial charge is 0.467 e. The first-order valence-corrected chi connectivity index (χ1v) is 9.23. The minimum atomic E-state index is 0.0105. The summed E-state index contributed by atoms with van der Waals surface area (Å²) in [4.78, 5) is 6.84. The average molecular weight is 366 g/mol. The number of hydrogen-bond donors (Lipinski definition) is 1. The zero-order chi connectivity index (χ0) is 18.1. The van der Waals surface area contributed by atoms with E-state index in [-0.39, 0.29) is 18.1 Å². The summed E-state index contributed by atoms with van der Waals surface area (Å²) in [6.07, 6.45) is 5.63. The second kappa shape index (κ2) is 6.96. The van der Waals surface area contributed by atoms with Gasteiger partial charge in [-0.3, -0.25) is 4.98 Å². The number of aromatic nitrogens is 2. The fourth-order valence-electron chi connectivity index (χ4n) is 3.65. The van der Waals surface area contributed by atoms with Crippen molar-refractivity contribution in [1.82, 2.24) is 19.8 Å². The van der Waals surface area contributed by atoms with Crippen LogP contribution in [0.25, 0.3) is 0 Å². The van der Waals surface area contributed by atoms with Gasteiger partial charge in [0.2, 0.25) is 0 Å². The van der Waals surface area contributed by atoms with Crippen molar-refractivity contribution in [3.63, 3.8) is 0 Å². The average Bonchev–Trinajstić information content (AvgIpc) is 3.36. The van der Waals surface area contributed by atoms with Gasteiger partial charge in [-0.2, -0.15) is 0 Å². The van der Waals surface area contributed by atoms with Gasteiger partial charge in [0.15, 0.2) is 5.11 Å². The molecule has 1 aliphatic heterocycles. The molecule has 134 valence electrons. The Labute approximate surface area is 158 Å². The predicted molar refractivity (Wildman–Crippen MR) is 105 cm³/mol. The zero-order valence-electron chi connectivity index (χ0n) is 14.9. The molecule has 0 aliphatic carbocycles. The number of nitrogens with one attached hydrogen (secondary N) is 1. The van der Waals surface area contributed by atoms with E-state index in [1.54, 1.807) is 6.26 Å². The van der Waals surface area contributed by atoms with E-state index in [0.717, 1.165) is 16.6 Å². The molecule has 4 heterocycles. The third-order valence-corrected chi connectivity index (χ3v) is 5.09. The third kappa shape index (κ3) is 3.01. The Bertz CT molecular complexity index is 872. The van der Waals surface area contributed by atoms with Gasteiger partial charge in [0, 0.05) is 24.1 Å².